The predicted octanol–water partition coefficient (Wildman–Crippen LogP) is 1.81. The molecule has 100 valence electrons. The SMILES string of the molecule is CS(=O)(=O)C1CCCC(NOC2CCCC2)C1. The average Bonchev–Trinajstić information content (AvgIpc) is 2.78. The van der Waals surface area contributed by atoms with Crippen LogP contribution in [0.3, 0.4) is 0 Å². The zero-order valence-electron chi connectivity index (χ0n) is 10.5. The van der Waals surface area contributed by atoms with Crippen LogP contribution in [-0.2, 0) is 14.7 Å². The minimum Gasteiger partial charge on any atom is -0.298 e. The van der Waals surface area contributed by atoms with Crippen LogP contribution in [0.5, 0.6) is 0 Å². The molecule has 2 aliphatic rings. The van der Waals surface area contributed by atoms with Crippen LogP contribution < -0.4 is 5.48 Å². The van der Waals surface area contributed by atoms with Gasteiger partial charge < -0.3 is 0 Å². The summed E-state index contributed by atoms with van der Waals surface area (Å²) in [7, 11) is -2.89. The largest absolute Gasteiger partial charge is 0.298 e. The topological polar surface area (TPSA) is 55.4 Å². The number of hydroxylamine groups is 1. The predicted molar refractivity (Wildman–Crippen MR) is 67.4 cm³/mol. The second-order valence-corrected chi connectivity index (χ2v) is 7.78. The fourth-order valence-corrected chi connectivity index (χ4v) is 4.02. The molecule has 0 bridgehead atoms. The maximum atomic E-state index is 11.5. The lowest BCUT2D eigenvalue weighted by molar-refractivity contribution is -0.0457. The van der Waals surface area contributed by atoms with Crippen molar-refractivity contribution in [1.82, 2.24) is 5.48 Å². The van der Waals surface area contributed by atoms with Crippen molar-refractivity contribution in [2.75, 3.05) is 6.26 Å². The van der Waals surface area contributed by atoms with Gasteiger partial charge >= 0.3 is 0 Å². The van der Waals surface area contributed by atoms with Gasteiger partial charge in [-0.2, -0.15) is 5.48 Å². The Bertz CT molecular complexity index is 336. The summed E-state index contributed by atoms with van der Waals surface area (Å²) in [4.78, 5) is 5.66. The fourth-order valence-electron chi connectivity index (χ4n) is 2.84. The van der Waals surface area contributed by atoms with Crippen LogP contribution >= 0.6 is 0 Å². The molecule has 0 aromatic carbocycles. The molecular formula is C12H23NO3S. The molecule has 0 amide bonds. The smallest absolute Gasteiger partial charge is 0.150 e. The highest BCUT2D eigenvalue weighted by molar-refractivity contribution is 7.91. The van der Waals surface area contributed by atoms with Gasteiger partial charge in [-0.25, -0.2) is 8.42 Å². The van der Waals surface area contributed by atoms with E-state index in [1.165, 1.54) is 19.1 Å². The van der Waals surface area contributed by atoms with Crippen LogP contribution in [0.25, 0.3) is 0 Å². The summed E-state index contributed by atoms with van der Waals surface area (Å²) in [5, 5.41) is -0.180. The first-order valence-corrected chi connectivity index (χ1v) is 8.61. The molecule has 1 N–H and O–H groups in total. The van der Waals surface area contributed by atoms with Crippen molar-refractivity contribution in [3.8, 4) is 0 Å². The summed E-state index contributed by atoms with van der Waals surface area (Å²) in [6, 6.07) is 0.212. The lowest BCUT2D eigenvalue weighted by Crippen LogP contribution is -2.40. The Labute approximate surface area is 104 Å². The van der Waals surface area contributed by atoms with Crippen molar-refractivity contribution in [3.63, 3.8) is 0 Å². The Kier molecular flexibility index (Phi) is 4.44. The van der Waals surface area contributed by atoms with Crippen LogP contribution in [0.15, 0.2) is 0 Å². The van der Waals surface area contributed by atoms with Gasteiger partial charge in [0.25, 0.3) is 0 Å². The van der Waals surface area contributed by atoms with E-state index < -0.39 is 9.84 Å². The molecule has 0 aliphatic heterocycles. The van der Waals surface area contributed by atoms with E-state index in [-0.39, 0.29) is 11.3 Å². The number of hydrogen-bond acceptors (Lipinski definition) is 4. The summed E-state index contributed by atoms with van der Waals surface area (Å²) in [5.41, 5.74) is 3.10. The van der Waals surface area contributed by atoms with Crippen molar-refractivity contribution in [3.05, 3.63) is 0 Å². The van der Waals surface area contributed by atoms with Gasteiger partial charge in [-0.1, -0.05) is 19.3 Å². The van der Waals surface area contributed by atoms with Crippen LogP contribution in [-0.4, -0.2) is 32.1 Å². The number of hydrogen-bond donors (Lipinski definition) is 1. The van der Waals surface area contributed by atoms with Crippen LogP contribution in [0.1, 0.15) is 51.4 Å². The summed E-state index contributed by atoms with van der Waals surface area (Å²) in [5.74, 6) is 0. The van der Waals surface area contributed by atoms with E-state index in [1.54, 1.807) is 0 Å². The van der Waals surface area contributed by atoms with Gasteiger partial charge in [0.1, 0.15) is 9.84 Å². The van der Waals surface area contributed by atoms with Crippen molar-refractivity contribution in [2.24, 2.45) is 0 Å². The molecule has 0 heterocycles. The van der Waals surface area contributed by atoms with E-state index in [0.29, 0.717) is 12.5 Å². The fraction of sp³-hybridized carbons (Fsp3) is 1.00. The lowest BCUT2D eigenvalue weighted by atomic mass is 9.96. The van der Waals surface area contributed by atoms with E-state index in [9.17, 15) is 8.42 Å². The monoisotopic (exact) mass is 261 g/mol. The highest BCUT2D eigenvalue weighted by atomic mass is 32.2. The number of sulfone groups is 1. The van der Waals surface area contributed by atoms with E-state index in [1.807, 2.05) is 0 Å². The Morgan fingerprint density at radius 1 is 1.06 bits per heavy atom. The molecule has 0 radical (unpaired) electrons. The second-order valence-electron chi connectivity index (χ2n) is 5.46. The zero-order valence-corrected chi connectivity index (χ0v) is 11.3. The summed E-state index contributed by atoms with van der Waals surface area (Å²) >= 11 is 0. The molecule has 0 spiro atoms. The molecule has 0 aromatic rings. The maximum absolute atomic E-state index is 11.5. The zero-order chi connectivity index (χ0) is 12.3. The van der Waals surface area contributed by atoms with E-state index >= 15 is 0 Å². The van der Waals surface area contributed by atoms with E-state index in [2.05, 4.69) is 5.48 Å². The van der Waals surface area contributed by atoms with Crippen molar-refractivity contribution >= 4 is 9.84 Å². The van der Waals surface area contributed by atoms with Gasteiger partial charge in [0.05, 0.1) is 11.4 Å². The first kappa shape index (κ1) is 13.3. The van der Waals surface area contributed by atoms with Crippen molar-refractivity contribution in [1.29, 1.82) is 0 Å². The van der Waals surface area contributed by atoms with Crippen molar-refractivity contribution in [2.45, 2.75) is 68.8 Å². The first-order valence-electron chi connectivity index (χ1n) is 6.66. The minimum atomic E-state index is -2.89. The third-order valence-corrected chi connectivity index (χ3v) is 5.57. The van der Waals surface area contributed by atoms with Crippen LogP contribution in [0.4, 0.5) is 0 Å². The second kappa shape index (κ2) is 5.67. The van der Waals surface area contributed by atoms with Crippen LogP contribution in [0, 0.1) is 0 Å². The molecule has 2 unspecified atom stereocenters. The quantitative estimate of drug-likeness (QED) is 0.784. The molecule has 17 heavy (non-hydrogen) atoms. The molecule has 4 nitrogen and oxygen atoms in total. The molecule has 0 saturated heterocycles. The van der Waals surface area contributed by atoms with Gasteiger partial charge in [-0.3, -0.25) is 4.84 Å². The molecule has 2 saturated carbocycles. The molecular weight excluding hydrogens is 238 g/mol. The Balaban J connectivity index is 1.77. The Morgan fingerprint density at radius 3 is 2.41 bits per heavy atom. The van der Waals surface area contributed by atoms with Crippen LogP contribution in [0.2, 0.25) is 0 Å². The molecule has 0 aromatic heterocycles. The number of rotatable bonds is 4. The van der Waals surface area contributed by atoms with Gasteiger partial charge in [0.2, 0.25) is 0 Å². The maximum Gasteiger partial charge on any atom is 0.150 e. The molecule has 2 rings (SSSR count). The molecule has 2 fully saturated rings. The lowest BCUT2D eigenvalue weighted by Gasteiger charge is -2.29. The highest BCUT2D eigenvalue weighted by Gasteiger charge is 2.29. The van der Waals surface area contributed by atoms with Gasteiger partial charge in [0, 0.05) is 12.3 Å². The summed E-state index contributed by atoms with van der Waals surface area (Å²) in [6.45, 7) is 0. The van der Waals surface area contributed by atoms with Gasteiger partial charge in [-0.05, 0) is 32.1 Å². The van der Waals surface area contributed by atoms with E-state index in [4.69, 9.17) is 4.84 Å². The molecule has 5 heteroatoms. The minimum absolute atomic E-state index is 0.180. The van der Waals surface area contributed by atoms with Gasteiger partial charge in [0.15, 0.2) is 0 Å². The average molecular weight is 261 g/mol. The Hall–Kier alpha value is -0.130. The molecule has 2 atom stereocenters. The normalized spacial score (nSPS) is 31.8. The van der Waals surface area contributed by atoms with E-state index in [0.717, 1.165) is 32.1 Å². The third-order valence-electron chi connectivity index (χ3n) is 3.94. The summed E-state index contributed by atoms with van der Waals surface area (Å²) < 4.78 is 23.0. The van der Waals surface area contributed by atoms with Crippen molar-refractivity contribution < 1.29 is 13.3 Å². The Morgan fingerprint density at radius 2 is 1.76 bits per heavy atom. The molecule has 2 aliphatic carbocycles. The number of nitrogens with one attached hydrogen (secondary N) is 1. The first-order chi connectivity index (χ1) is 8.05. The highest BCUT2D eigenvalue weighted by Crippen LogP contribution is 2.25. The standard InChI is InChI=1S/C12H23NO3S/c1-17(14,15)12-8-4-5-10(9-12)13-16-11-6-2-3-7-11/h10-13H,2-9H2,1H3. The summed E-state index contributed by atoms with van der Waals surface area (Å²) in [6.07, 6.45) is 9.97. The van der Waals surface area contributed by atoms with Gasteiger partial charge in [-0.15, -0.1) is 0 Å². The third kappa shape index (κ3) is 3.93.